The van der Waals surface area contributed by atoms with Crippen molar-refractivity contribution >= 4 is 29.2 Å². The van der Waals surface area contributed by atoms with E-state index in [1.807, 2.05) is 24.3 Å². The second-order valence-corrected chi connectivity index (χ2v) is 4.80. The maximum absolute atomic E-state index is 6.08. The Bertz CT molecular complexity index is 327. The molecule has 6 heteroatoms. The third-order valence-corrected chi connectivity index (χ3v) is 2.95. The van der Waals surface area contributed by atoms with Gasteiger partial charge in [0, 0.05) is 26.8 Å². The SMILES string of the molecule is COCC(Cl)CN(C)c1cc(SC)ncn1. The predicted molar refractivity (Wildman–Crippen MR) is 68.6 cm³/mol. The number of aromatic nitrogens is 2. The quantitative estimate of drug-likeness (QED) is 0.444. The zero-order chi connectivity index (χ0) is 12.0. The van der Waals surface area contributed by atoms with E-state index >= 15 is 0 Å². The lowest BCUT2D eigenvalue weighted by Gasteiger charge is -2.20. The molecule has 0 radical (unpaired) electrons. The van der Waals surface area contributed by atoms with Gasteiger partial charge in [-0.05, 0) is 6.26 Å². The smallest absolute Gasteiger partial charge is 0.132 e. The molecule has 1 aromatic heterocycles. The number of anilines is 1. The lowest BCUT2D eigenvalue weighted by molar-refractivity contribution is 0.199. The van der Waals surface area contributed by atoms with Crippen molar-refractivity contribution in [3.8, 4) is 0 Å². The first kappa shape index (κ1) is 13.5. The van der Waals surface area contributed by atoms with Crippen molar-refractivity contribution in [2.75, 3.05) is 38.5 Å². The van der Waals surface area contributed by atoms with E-state index < -0.39 is 0 Å². The van der Waals surface area contributed by atoms with E-state index in [1.165, 1.54) is 0 Å². The van der Waals surface area contributed by atoms with E-state index in [0.29, 0.717) is 13.2 Å². The maximum atomic E-state index is 6.08. The summed E-state index contributed by atoms with van der Waals surface area (Å²) in [6, 6.07) is 1.95. The average Bonchev–Trinajstić information content (AvgIpc) is 2.29. The maximum Gasteiger partial charge on any atom is 0.132 e. The number of halogens is 1. The molecule has 0 aliphatic carbocycles. The van der Waals surface area contributed by atoms with Gasteiger partial charge in [-0.1, -0.05) is 0 Å². The zero-order valence-electron chi connectivity index (χ0n) is 9.68. The second kappa shape index (κ2) is 6.93. The van der Waals surface area contributed by atoms with Gasteiger partial charge in [0.2, 0.25) is 0 Å². The number of thioether (sulfide) groups is 1. The fraction of sp³-hybridized carbons (Fsp3) is 0.600. The molecule has 90 valence electrons. The summed E-state index contributed by atoms with van der Waals surface area (Å²) in [6.07, 6.45) is 3.55. The summed E-state index contributed by atoms with van der Waals surface area (Å²) in [6.45, 7) is 1.23. The number of rotatable bonds is 6. The number of hydrogen-bond donors (Lipinski definition) is 0. The van der Waals surface area contributed by atoms with E-state index in [4.69, 9.17) is 16.3 Å². The monoisotopic (exact) mass is 261 g/mol. The summed E-state index contributed by atoms with van der Waals surface area (Å²) < 4.78 is 4.99. The van der Waals surface area contributed by atoms with Crippen LogP contribution in [-0.2, 0) is 4.74 Å². The number of ether oxygens (including phenoxy) is 1. The van der Waals surface area contributed by atoms with Crippen molar-refractivity contribution in [2.45, 2.75) is 10.4 Å². The lowest BCUT2D eigenvalue weighted by Crippen LogP contribution is -2.29. The molecule has 0 spiro atoms. The van der Waals surface area contributed by atoms with Crippen molar-refractivity contribution in [3.63, 3.8) is 0 Å². The third-order valence-electron chi connectivity index (χ3n) is 2.05. The van der Waals surface area contributed by atoms with Crippen molar-refractivity contribution in [1.82, 2.24) is 9.97 Å². The third kappa shape index (κ3) is 4.15. The molecule has 0 saturated heterocycles. The Kier molecular flexibility index (Phi) is 5.87. The summed E-state index contributed by atoms with van der Waals surface area (Å²) in [5.41, 5.74) is 0. The highest BCUT2D eigenvalue weighted by atomic mass is 35.5. The van der Waals surface area contributed by atoms with Gasteiger partial charge in [-0.25, -0.2) is 9.97 Å². The zero-order valence-corrected chi connectivity index (χ0v) is 11.3. The van der Waals surface area contributed by atoms with Crippen LogP contribution < -0.4 is 4.90 Å². The summed E-state index contributed by atoms with van der Waals surface area (Å²) in [5, 5.41) is 0.914. The first-order chi connectivity index (χ1) is 7.67. The van der Waals surface area contributed by atoms with Crippen LogP contribution in [0.3, 0.4) is 0 Å². The molecule has 1 aromatic rings. The van der Waals surface area contributed by atoms with Crippen molar-refractivity contribution < 1.29 is 4.74 Å². The molecule has 1 unspecified atom stereocenters. The molecular weight excluding hydrogens is 246 g/mol. The summed E-state index contributed by atoms with van der Waals surface area (Å²) in [7, 11) is 3.60. The molecule has 1 rings (SSSR count). The summed E-state index contributed by atoms with van der Waals surface area (Å²) in [4.78, 5) is 10.3. The molecule has 0 aliphatic rings. The molecule has 1 heterocycles. The molecule has 0 amide bonds. The minimum Gasteiger partial charge on any atom is -0.383 e. The van der Waals surface area contributed by atoms with Gasteiger partial charge >= 0.3 is 0 Å². The topological polar surface area (TPSA) is 38.2 Å². The Morgan fingerprint density at radius 2 is 2.31 bits per heavy atom. The largest absolute Gasteiger partial charge is 0.383 e. The van der Waals surface area contributed by atoms with Crippen LogP contribution in [0.4, 0.5) is 5.82 Å². The van der Waals surface area contributed by atoms with Crippen molar-refractivity contribution in [1.29, 1.82) is 0 Å². The molecular formula is C10H16ClN3OS. The first-order valence-electron chi connectivity index (χ1n) is 4.87. The summed E-state index contributed by atoms with van der Waals surface area (Å²) in [5.74, 6) is 0.876. The highest BCUT2D eigenvalue weighted by Crippen LogP contribution is 2.16. The van der Waals surface area contributed by atoms with Crippen LogP contribution in [0.15, 0.2) is 17.4 Å². The molecule has 0 aromatic carbocycles. The Morgan fingerprint density at radius 1 is 1.56 bits per heavy atom. The highest BCUT2D eigenvalue weighted by molar-refractivity contribution is 7.98. The number of nitrogens with zero attached hydrogens (tertiary/aromatic N) is 3. The summed E-state index contributed by atoms with van der Waals surface area (Å²) >= 11 is 7.68. The molecule has 0 N–H and O–H groups in total. The standard InChI is InChI=1S/C10H16ClN3OS/c1-14(5-8(11)6-15-2)9-4-10(16-3)13-7-12-9/h4,7-8H,5-6H2,1-3H3. The average molecular weight is 262 g/mol. The van der Waals surface area contributed by atoms with E-state index in [0.717, 1.165) is 10.8 Å². The lowest BCUT2D eigenvalue weighted by atomic mass is 10.4. The Hall–Kier alpha value is -0.520. The van der Waals surface area contributed by atoms with Crippen LogP contribution in [0, 0.1) is 0 Å². The minimum atomic E-state index is -0.0392. The molecule has 0 aliphatic heterocycles. The number of alkyl halides is 1. The van der Waals surface area contributed by atoms with Crippen LogP contribution in [0.1, 0.15) is 0 Å². The Morgan fingerprint density at radius 3 is 2.94 bits per heavy atom. The van der Waals surface area contributed by atoms with Gasteiger partial charge in [0.1, 0.15) is 17.2 Å². The molecule has 0 saturated carbocycles. The number of hydrogen-bond acceptors (Lipinski definition) is 5. The van der Waals surface area contributed by atoms with Gasteiger partial charge in [-0.3, -0.25) is 0 Å². The highest BCUT2D eigenvalue weighted by Gasteiger charge is 2.10. The van der Waals surface area contributed by atoms with Crippen LogP contribution in [0.5, 0.6) is 0 Å². The predicted octanol–water partition coefficient (Wildman–Crippen LogP) is 1.89. The van der Waals surface area contributed by atoms with E-state index in [-0.39, 0.29) is 5.38 Å². The van der Waals surface area contributed by atoms with Crippen LogP contribution in [0.25, 0.3) is 0 Å². The molecule has 4 nitrogen and oxygen atoms in total. The van der Waals surface area contributed by atoms with Crippen LogP contribution in [0.2, 0.25) is 0 Å². The molecule has 0 bridgehead atoms. The molecule has 0 fully saturated rings. The van der Waals surface area contributed by atoms with Gasteiger partial charge in [0.15, 0.2) is 0 Å². The normalized spacial score (nSPS) is 12.5. The second-order valence-electron chi connectivity index (χ2n) is 3.35. The van der Waals surface area contributed by atoms with E-state index in [2.05, 4.69) is 9.97 Å². The molecule has 16 heavy (non-hydrogen) atoms. The fourth-order valence-corrected chi connectivity index (χ4v) is 1.98. The molecule has 1 atom stereocenters. The van der Waals surface area contributed by atoms with Gasteiger partial charge in [-0.2, -0.15) is 0 Å². The number of methoxy groups -OCH3 is 1. The first-order valence-corrected chi connectivity index (χ1v) is 6.53. The van der Waals surface area contributed by atoms with Gasteiger partial charge in [0.25, 0.3) is 0 Å². The fourth-order valence-electron chi connectivity index (χ4n) is 1.27. The van der Waals surface area contributed by atoms with Gasteiger partial charge in [-0.15, -0.1) is 23.4 Å². The van der Waals surface area contributed by atoms with Crippen molar-refractivity contribution in [3.05, 3.63) is 12.4 Å². The van der Waals surface area contributed by atoms with Gasteiger partial charge in [0.05, 0.1) is 12.0 Å². The van der Waals surface area contributed by atoms with Crippen LogP contribution >= 0.6 is 23.4 Å². The van der Waals surface area contributed by atoms with Gasteiger partial charge < -0.3 is 9.64 Å². The van der Waals surface area contributed by atoms with Crippen LogP contribution in [-0.4, -0.2) is 48.9 Å². The van der Waals surface area contributed by atoms with E-state index in [1.54, 1.807) is 25.2 Å². The van der Waals surface area contributed by atoms with E-state index in [9.17, 15) is 0 Å². The Balaban J connectivity index is 2.61. The van der Waals surface area contributed by atoms with Crippen molar-refractivity contribution in [2.24, 2.45) is 0 Å². The minimum absolute atomic E-state index is 0.0392. The Labute approximate surface area is 105 Å².